The summed E-state index contributed by atoms with van der Waals surface area (Å²) < 4.78 is 24.7. The lowest BCUT2D eigenvalue weighted by molar-refractivity contribution is 0.216. The van der Waals surface area contributed by atoms with Crippen molar-refractivity contribution >= 4 is 15.9 Å². The Morgan fingerprint density at radius 3 is 2.29 bits per heavy atom. The zero-order valence-electron chi connectivity index (χ0n) is 11.2. The minimum Gasteiger partial charge on any atom is -0.490 e. The quantitative estimate of drug-likeness (QED) is 0.737. The highest BCUT2D eigenvalue weighted by molar-refractivity contribution is 9.10. The topological polar surface area (TPSA) is 42.2 Å². The minimum atomic E-state index is -0.353. The van der Waals surface area contributed by atoms with Crippen LogP contribution in [0.15, 0.2) is 46.9 Å². The van der Waals surface area contributed by atoms with Gasteiger partial charge in [-0.2, -0.15) is 5.26 Å². The third kappa shape index (κ3) is 5.09. The SMILES string of the molecule is N#CCc1ccc(OCCOc2cc(F)cc(Br)c2)cc1. The van der Waals surface area contributed by atoms with E-state index < -0.39 is 0 Å². The van der Waals surface area contributed by atoms with Gasteiger partial charge in [-0.15, -0.1) is 0 Å². The Labute approximate surface area is 131 Å². The van der Waals surface area contributed by atoms with Crippen LogP contribution in [-0.2, 0) is 6.42 Å². The predicted octanol–water partition coefficient (Wildman–Crippen LogP) is 4.11. The van der Waals surface area contributed by atoms with Crippen LogP contribution in [0.4, 0.5) is 4.39 Å². The van der Waals surface area contributed by atoms with Crippen LogP contribution in [0.2, 0.25) is 0 Å². The van der Waals surface area contributed by atoms with Crippen molar-refractivity contribution in [3.8, 4) is 17.6 Å². The lowest BCUT2D eigenvalue weighted by Crippen LogP contribution is -2.09. The molecule has 0 aliphatic heterocycles. The van der Waals surface area contributed by atoms with Gasteiger partial charge in [0, 0.05) is 10.5 Å². The largest absolute Gasteiger partial charge is 0.490 e. The number of ether oxygens (including phenoxy) is 2. The molecule has 2 aromatic rings. The number of hydrogen-bond donors (Lipinski definition) is 0. The van der Waals surface area contributed by atoms with Gasteiger partial charge in [0.15, 0.2) is 0 Å². The number of rotatable bonds is 6. The van der Waals surface area contributed by atoms with E-state index in [1.165, 1.54) is 12.1 Å². The number of nitrogens with zero attached hydrogens (tertiary/aromatic N) is 1. The van der Waals surface area contributed by atoms with Crippen LogP contribution in [0.25, 0.3) is 0 Å². The van der Waals surface area contributed by atoms with Crippen molar-refractivity contribution in [3.63, 3.8) is 0 Å². The average molecular weight is 350 g/mol. The molecule has 0 aromatic heterocycles. The smallest absolute Gasteiger partial charge is 0.128 e. The highest BCUT2D eigenvalue weighted by Crippen LogP contribution is 2.20. The van der Waals surface area contributed by atoms with Crippen molar-refractivity contribution in [3.05, 3.63) is 58.3 Å². The predicted molar refractivity (Wildman–Crippen MR) is 80.8 cm³/mol. The van der Waals surface area contributed by atoms with E-state index in [1.807, 2.05) is 24.3 Å². The van der Waals surface area contributed by atoms with Gasteiger partial charge in [0.25, 0.3) is 0 Å². The van der Waals surface area contributed by atoms with Gasteiger partial charge in [-0.05, 0) is 29.8 Å². The van der Waals surface area contributed by atoms with E-state index >= 15 is 0 Å². The molecule has 0 atom stereocenters. The summed E-state index contributed by atoms with van der Waals surface area (Å²) >= 11 is 3.20. The molecule has 2 rings (SSSR count). The van der Waals surface area contributed by atoms with Crippen LogP contribution in [-0.4, -0.2) is 13.2 Å². The van der Waals surface area contributed by atoms with Crippen molar-refractivity contribution < 1.29 is 13.9 Å². The third-order valence-electron chi connectivity index (χ3n) is 2.66. The van der Waals surface area contributed by atoms with E-state index in [1.54, 1.807) is 6.07 Å². The van der Waals surface area contributed by atoms with E-state index in [4.69, 9.17) is 14.7 Å². The van der Waals surface area contributed by atoms with E-state index in [-0.39, 0.29) is 5.82 Å². The van der Waals surface area contributed by atoms with Crippen LogP contribution < -0.4 is 9.47 Å². The molecule has 0 unspecified atom stereocenters. The highest BCUT2D eigenvalue weighted by Gasteiger charge is 2.00. The first-order valence-corrected chi connectivity index (χ1v) is 7.14. The van der Waals surface area contributed by atoms with E-state index in [0.29, 0.717) is 35.6 Å². The first kappa shape index (κ1) is 15.3. The summed E-state index contributed by atoms with van der Waals surface area (Å²) in [6, 6.07) is 13.8. The van der Waals surface area contributed by atoms with Crippen LogP contribution in [0, 0.1) is 17.1 Å². The standard InChI is InChI=1S/C16H13BrFNO2/c17-13-9-14(18)11-16(10-13)21-8-7-20-15-3-1-12(2-4-15)5-6-19/h1-4,9-11H,5,7-8H2. The fraction of sp³-hybridized carbons (Fsp3) is 0.188. The Kier molecular flexibility index (Phi) is 5.59. The summed E-state index contributed by atoms with van der Waals surface area (Å²) in [5.41, 5.74) is 0.950. The molecule has 3 nitrogen and oxygen atoms in total. The molecular formula is C16H13BrFNO2. The second-order valence-corrected chi connectivity index (χ2v) is 5.20. The second-order valence-electron chi connectivity index (χ2n) is 4.28. The monoisotopic (exact) mass is 349 g/mol. The summed E-state index contributed by atoms with van der Waals surface area (Å²) in [7, 11) is 0. The summed E-state index contributed by atoms with van der Waals surface area (Å²) in [6.45, 7) is 0.668. The zero-order valence-corrected chi connectivity index (χ0v) is 12.8. The second kappa shape index (κ2) is 7.65. The van der Waals surface area contributed by atoms with Gasteiger partial charge in [-0.3, -0.25) is 0 Å². The first-order chi connectivity index (χ1) is 10.2. The Hall–Kier alpha value is -2.06. The molecule has 0 N–H and O–H groups in total. The van der Waals surface area contributed by atoms with Crippen molar-refractivity contribution in [2.45, 2.75) is 6.42 Å². The maximum Gasteiger partial charge on any atom is 0.128 e. The van der Waals surface area contributed by atoms with E-state index in [0.717, 1.165) is 5.56 Å². The molecule has 108 valence electrons. The molecule has 0 saturated carbocycles. The lowest BCUT2D eigenvalue weighted by atomic mass is 10.2. The Morgan fingerprint density at radius 2 is 1.67 bits per heavy atom. The lowest BCUT2D eigenvalue weighted by Gasteiger charge is -2.09. The normalized spacial score (nSPS) is 9.95. The zero-order chi connectivity index (χ0) is 15.1. The van der Waals surface area contributed by atoms with Gasteiger partial charge < -0.3 is 9.47 Å². The van der Waals surface area contributed by atoms with Crippen LogP contribution in [0.3, 0.4) is 0 Å². The fourth-order valence-corrected chi connectivity index (χ4v) is 2.17. The van der Waals surface area contributed by atoms with Gasteiger partial charge >= 0.3 is 0 Å². The van der Waals surface area contributed by atoms with Crippen molar-refractivity contribution in [1.82, 2.24) is 0 Å². The number of hydrogen-bond acceptors (Lipinski definition) is 3. The van der Waals surface area contributed by atoms with Crippen molar-refractivity contribution in [2.24, 2.45) is 0 Å². The molecule has 0 amide bonds. The first-order valence-electron chi connectivity index (χ1n) is 6.35. The summed E-state index contributed by atoms with van der Waals surface area (Å²) in [6.07, 6.45) is 0.387. The number of benzene rings is 2. The Morgan fingerprint density at radius 1 is 1.00 bits per heavy atom. The van der Waals surface area contributed by atoms with Gasteiger partial charge in [0.2, 0.25) is 0 Å². The van der Waals surface area contributed by atoms with Gasteiger partial charge in [-0.1, -0.05) is 28.1 Å². The Balaban J connectivity index is 1.78. The molecule has 2 aromatic carbocycles. The molecule has 5 heteroatoms. The van der Waals surface area contributed by atoms with E-state index in [2.05, 4.69) is 22.0 Å². The maximum atomic E-state index is 13.1. The third-order valence-corrected chi connectivity index (χ3v) is 3.12. The van der Waals surface area contributed by atoms with Gasteiger partial charge in [-0.25, -0.2) is 4.39 Å². The minimum absolute atomic E-state index is 0.315. The highest BCUT2D eigenvalue weighted by atomic mass is 79.9. The molecule has 0 saturated heterocycles. The van der Waals surface area contributed by atoms with Gasteiger partial charge in [0.1, 0.15) is 30.5 Å². The molecule has 0 spiro atoms. The molecule has 0 bridgehead atoms. The molecule has 0 radical (unpaired) electrons. The average Bonchev–Trinajstić information content (AvgIpc) is 2.45. The summed E-state index contributed by atoms with van der Waals surface area (Å²) in [5.74, 6) is 0.809. The fourth-order valence-electron chi connectivity index (χ4n) is 1.73. The maximum absolute atomic E-state index is 13.1. The molecule has 0 aliphatic carbocycles. The van der Waals surface area contributed by atoms with Crippen molar-refractivity contribution in [2.75, 3.05) is 13.2 Å². The Bertz CT molecular complexity index is 617. The molecular weight excluding hydrogens is 337 g/mol. The molecule has 0 heterocycles. The molecule has 0 aliphatic rings. The number of halogens is 2. The summed E-state index contributed by atoms with van der Waals surface area (Å²) in [5, 5.41) is 8.58. The molecule has 21 heavy (non-hydrogen) atoms. The van der Waals surface area contributed by atoms with Crippen LogP contribution >= 0.6 is 15.9 Å². The molecule has 0 fully saturated rings. The number of nitriles is 1. The van der Waals surface area contributed by atoms with Crippen LogP contribution in [0.1, 0.15) is 5.56 Å². The van der Waals surface area contributed by atoms with E-state index in [9.17, 15) is 4.39 Å². The summed E-state index contributed by atoms with van der Waals surface area (Å²) in [4.78, 5) is 0. The van der Waals surface area contributed by atoms with Gasteiger partial charge in [0.05, 0.1) is 12.5 Å². The van der Waals surface area contributed by atoms with Crippen molar-refractivity contribution in [1.29, 1.82) is 5.26 Å². The van der Waals surface area contributed by atoms with Crippen LogP contribution in [0.5, 0.6) is 11.5 Å².